The predicted octanol–water partition coefficient (Wildman–Crippen LogP) is 3.94. The quantitative estimate of drug-likeness (QED) is 0.868. The summed E-state index contributed by atoms with van der Waals surface area (Å²) in [6.45, 7) is 2.48. The molecule has 3 rings (SSSR count). The van der Waals surface area contributed by atoms with Gasteiger partial charge in [0.25, 0.3) is 0 Å². The highest BCUT2D eigenvalue weighted by atomic mass is 35.5. The summed E-state index contributed by atoms with van der Waals surface area (Å²) in [7, 11) is 0. The molecule has 1 aliphatic carbocycles. The minimum atomic E-state index is 0. The fourth-order valence-corrected chi connectivity index (χ4v) is 3.91. The summed E-state index contributed by atoms with van der Waals surface area (Å²) in [6, 6.07) is 8.39. The van der Waals surface area contributed by atoms with E-state index in [0.717, 1.165) is 22.8 Å². The first-order valence-electron chi connectivity index (χ1n) is 6.78. The number of hydrogen-bond acceptors (Lipinski definition) is 1. The van der Waals surface area contributed by atoms with Crippen molar-refractivity contribution in [2.24, 2.45) is 17.8 Å². The van der Waals surface area contributed by atoms with E-state index in [-0.39, 0.29) is 12.4 Å². The fraction of sp³-hybridized carbons (Fsp3) is 0.600. The largest absolute Gasteiger partial charge is 0.316 e. The van der Waals surface area contributed by atoms with Gasteiger partial charge in [-0.25, -0.2) is 0 Å². The van der Waals surface area contributed by atoms with Gasteiger partial charge in [0.05, 0.1) is 0 Å². The van der Waals surface area contributed by atoms with Gasteiger partial charge in [-0.3, -0.25) is 0 Å². The van der Waals surface area contributed by atoms with Gasteiger partial charge >= 0.3 is 0 Å². The van der Waals surface area contributed by atoms with Crippen LogP contribution < -0.4 is 5.32 Å². The lowest BCUT2D eigenvalue weighted by atomic mass is 9.72. The first-order chi connectivity index (χ1) is 8.33. The Hall–Kier alpha value is -0.240. The molecule has 2 aliphatic rings. The minimum Gasteiger partial charge on any atom is -0.316 e. The number of benzene rings is 1. The van der Waals surface area contributed by atoms with Crippen LogP contribution in [0.5, 0.6) is 0 Å². The van der Waals surface area contributed by atoms with Gasteiger partial charge in [-0.2, -0.15) is 0 Å². The van der Waals surface area contributed by atoms with Crippen molar-refractivity contribution in [3.05, 3.63) is 34.9 Å². The summed E-state index contributed by atoms with van der Waals surface area (Å²) >= 11 is 6.06. The molecule has 1 N–H and O–H groups in total. The maximum Gasteiger partial charge on any atom is 0.0408 e. The van der Waals surface area contributed by atoms with E-state index in [1.807, 2.05) is 6.07 Å². The van der Waals surface area contributed by atoms with Crippen LogP contribution in [-0.4, -0.2) is 13.1 Å². The van der Waals surface area contributed by atoms with E-state index in [1.54, 1.807) is 0 Å². The monoisotopic (exact) mass is 285 g/mol. The zero-order valence-electron chi connectivity index (χ0n) is 10.6. The Balaban J connectivity index is 0.00000120. The fourth-order valence-electron chi connectivity index (χ4n) is 3.70. The van der Waals surface area contributed by atoms with Crippen LogP contribution in [0.1, 0.15) is 24.8 Å². The third kappa shape index (κ3) is 3.01. The molecule has 0 amide bonds. The number of hydrogen-bond donors (Lipinski definition) is 1. The first kappa shape index (κ1) is 14.2. The predicted molar refractivity (Wildman–Crippen MR) is 79.6 cm³/mol. The molecule has 18 heavy (non-hydrogen) atoms. The van der Waals surface area contributed by atoms with Gasteiger partial charge in [0.15, 0.2) is 0 Å². The summed E-state index contributed by atoms with van der Waals surface area (Å²) in [6.07, 6.45) is 5.45. The highest BCUT2D eigenvalue weighted by molar-refractivity contribution is 6.30. The van der Waals surface area contributed by atoms with Gasteiger partial charge in [0.2, 0.25) is 0 Å². The topological polar surface area (TPSA) is 12.0 Å². The van der Waals surface area contributed by atoms with Crippen LogP contribution in [0.3, 0.4) is 0 Å². The second-order valence-electron chi connectivity index (χ2n) is 5.61. The smallest absolute Gasteiger partial charge is 0.0408 e. The number of nitrogens with one attached hydrogen (secondary N) is 1. The normalized spacial score (nSPS) is 30.6. The molecule has 1 saturated heterocycles. The molecular weight excluding hydrogens is 265 g/mol. The number of fused-ring (bicyclic) bond motifs is 1. The highest BCUT2D eigenvalue weighted by Gasteiger charge is 2.36. The standard InChI is InChI=1S/C15H20ClN.ClH/c16-14-6-1-3-11(8-14)7-12-4-2-5-13-9-17-10-15(12)13;/h1,3,6,8,12-13,15,17H,2,4-5,7,9-10H2;1H. The van der Waals surface area contributed by atoms with Crippen LogP contribution in [0.4, 0.5) is 0 Å². The van der Waals surface area contributed by atoms with Crippen molar-refractivity contribution in [3.8, 4) is 0 Å². The zero-order valence-corrected chi connectivity index (χ0v) is 12.1. The molecule has 0 spiro atoms. The van der Waals surface area contributed by atoms with Gasteiger partial charge < -0.3 is 5.32 Å². The summed E-state index contributed by atoms with van der Waals surface area (Å²) in [5.74, 6) is 2.71. The molecule has 0 aromatic heterocycles. The van der Waals surface area contributed by atoms with Crippen LogP contribution in [0.25, 0.3) is 0 Å². The van der Waals surface area contributed by atoms with Crippen molar-refractivity contribution in [1.29, 1.82) is 0 Å². The molecule has 1 nitrogen and oxygen atoms in total. The van der Waals surface area contributed by atoms with Gasteiger partial charge in [-0.1, -0.05) is 30.2 Å². The lowest BCUT2D eigenvalue weighted by Gasteiger charge is -2.33. The Kier molecular flexibility index (Phi) is 4.94. The second-order valence-corrected chi connectivity index (χ2v) is 6.04. The third-order valence-electron chi connectivity index (χ3n) is 4.53. The Morgan fingerprint density at radius 3 is 2.94 bits per heavy atom. The minimum absolute atomic E-state index is 0. The molecule has 0 bridgehead atoms. The summed E-state index contributed by atoms with van der Waals surface area (Å²) in [5, 5.41) is 4.44. The lowest BCUT2D eigenvalue weighted by Crippen LogP contribution is -2.28. The van der Waals surface area contributed by atoms with E-state index < -0.39 is 0 Å². The summed E-state index contributed by atoms with van der Waals surface area (Å²) in [5.41, 5.74) is 1.41. The summed E-state index contributed by atoms with van der Waals surface area (Å²) in [4.78, 5) is 0. The molecular formula is C15H21Cl2N. The zero-order chi connectivity index (χ0) is 11.7. The van der Waals surface area contributed by atoms with Crippen molar-refractivity contribution in [3.63, 3.8) is 0 Å². The third-order valence-corrected chi connectivity index (χ3v) is 4.77. The van der Waals surface area contributed by atoms with E-state index >= 15 is 0 Å². The van der Waals surface area contributed by atoms with Crippen molar-refractivity contribution >= 4 is 24.0 Å². The Bertz CT molecular complexity index is 394. The van der Waals surface area contributed by atoms with Crippen LogP contribution in [-0.2, 0) is 6.42 Å². The van der Waals surface area contributed by atoms with Crippen LogP contribution in [0.2, 0.25) is 5.02 Å². The first-order valence-corrected chi connectivity index (χ1v) is 7.16. The van der Waals surface area contributed by atoms with Gasteiger partial charge in [0.1, 0.15) is 0 Å². The molecule has 2 fully saturated rings. The molecule has 1 aromatic carbocycles. The average molecular weight is 286 g/mol. The van der Waals surface area contributed by atoms with E-state index in [2.05, 4.69) is 23.5 Å². The van der Waals surface area contributed by atoms with Crippen molar-refractivity contribution in [2.45, 2.75) is 25.7 Å². The molecule has 3 heteroatoms. The molecule has 0 radical (unpaired) electrons. The van der Waals surface area contributed by atoms with Crippen molar-refractivity contribution in [2.75, 3.05) is 13.1 Å². The molecule has 1 saturated carbocycles. The maximum atomic E-state index is 6.06. The van der Waals surface area contributed by atoms with Crippen LogP contribution >= 0.6 is 24.0 Å². The Morgan fingerprint density at radius 2 is 2.11 bits per heavy atom. The Labute approximate surface area is 121 Å². The number of halogens is 2. The number of rotatable bonds is 2. The molecule has 3 unspecified atom stereocenters. The second kappa shape index (κ2) is 6.27. The van der Waals surface area contributed by atoms with E-state index in [9.17, 15) is 0 Å². The Morgan fingerprint density at radius 1 is 1.22 bits per heavy atom. The van der Waals surface area contributed by atoms with Crippen LogP contribution in [0.15, 0.2) is 24.3 Å². The maximum absolute atomic E-state index is 6.06. The van der Waals surface area contributed by atoms with E-state index in [4.69, 9.17) is 11.6 Å². The van der Waals surface area contributed by atoms with Crippen molar-refractivity contribution < 1.29 is 0 Å². The highest BCUT2D eigenvalue weighted by Crippen LogP contribution is 2.38. The van der Waals surface area contributed by atoms with Gasteiger partial charge in [-0.15, -0.1) is 12.4 Å². The lowest BCUT2D eigenvalue weighted by molar-refractivity contribution is 0.198. The van der Waals surface area contributed by atoms with E-state index in [0.29, 0.717) is 0 Å². The molecule has 100 valence electrons. The SMILES string of the molecule is Cl.Clc1cccc(CC2CCCC3CNCC32)c1. The van der Waals surface area contributed by atoms with Gasteiger partial charge in [-0.05, 0) is 67.8 Å². The van der Waals surface area contributed by atoms with Crippen LogP contribution in [0, 0.1) is 17.8 Å². The van der Waals surface area contributed by atoms with Crippen molar-refractivity contribution in [1.82, 2.24) is 5.32 Å². The van der Waals surface area contributed by atoms with Gasteiger partial charge in [0, 0.05) is 5.02 Å². The average Bonchev–Trinajstić information content (AvgIpc) is 2.78. The van der Waals surface area contributed by atoms with E-state index in [1.165, 1.54) is 44.3 Å². The molecule has 1 aliphatic heterocycles. The summed E-state index contributed by atoms with van der Waals surface area (Å²) < 4.78 is 0. The molecule has 3 atom stereocenters. The molecule has 1 aromatic rings. The molecule has 1 heterocycles.